The van der Waals surface area contributed by atoms with E-state index in [-0.39, 0.29) is 0 Å². The predicted molar refractivity (Wildman–Crippen MR) is 38.4 cm³/mol. The van der Waals surface area contributed by atoms with E-state index in [1.807, 2.05) is 0 Å². The Morgan fingerprint density at radius 3 is 2.89 bits per heavy atom. The van der Waals surface area contributed by atoms with Crippen LogP contribution < -0.4 is 0 Å². The van der Waals surface area contributed by atoms with E-state index in [2.05, 4.69) is 11.9 Å². The van der Waals surface area contributed by atoms with E-state index in [4.69, 9.17) is 0 Å². The van der Waals surface area contributed by atoms with Gasteiger partial charge in [0.2, 0.25) is 0 Å². The molecule has 0 aromatic carbocycles. The third kappa shape index (κ3) is 0.787. The summed E-state index contributed by atoms with van der Waals surface area (Å²) in [6.45, 7) is 1.36. The highest BCUT2D eigenvalue weighted by Crippen LogP contribution is 2.36. The van der Waals surface area contributed by atoms with Gasteiger partial charge in [-0.3, -0.25) is 0 Å². The molecule has 9 heavy (non-hydrogen) atoms. The maximum absolute atomic E-state index is 2.54. The van der Waals surface area contributed by atoms with Crippen LogP contribution in [0.2, 0.25) is 0 Å². The molecule has 1 aliphatic heterocycles. The van der Waals surface area contributed by atoms with Crippen LogP contribution in [-0.2, 0) is 0 Å². The lowest BCUT2D eigenvalue weighted by atomic mass is 10.1. The van der Waals surface area contributed by atoms with Gasteiger partial charge in [-0.2, -0.15) is 0 Å². The lowest BCUT2D eigenvalue weighted by molar-refractivity contribution is 0.294. The molecule has 0 aromatic rings. The molecule has 0 bridgehead atoms. The van der Waals surface area contributed by atoms with Crippen LogP contribution in [0.5, 0.6) is 0 Å². The van der Waals surface area contributed by atoms with E-state index >= 15 is 0 Å². The average molecular weight is 125 g/mol. The maximum Gasteiger partial charge on any atom is 0.0121 e. The van der Waals surface area contributed by atoms with Gasteiger partial charge in [0.05, 0.1) is 0 Å². The second-order valence-corrected chi connectivity index (χ2v) is 3.53. The van der Waals surface area contributed by atoms with Crippen molar-refractivity contribution in [3.63, 3.8) is 0 Å². The number of likely N-dealkylation sites (tertiary alicyclic amines) is 1. The molecule has 2 rings (SSSR count). The summed E-state index contributed by atoms with van der Waals surface area (Å²) in [6.07, 6.45) is 5.94. The summed E-state index contributed by atoms with van der Waals surface area (Å²) in [7, 11) is 2.27. The Bertz CT molecular complexity index is 111. The smallest absolute Gasteiger partial charge is 0.0121 e. The second-order valence-electron chi connectivity index (χ2n) is 3.53. The first-order valence-electron chi connectivity index (χ1n) is 4.08. The predicted octanol–water partition coefficient (Wildman–Crippen LogP) is 1.49. The first-order chi connectivity index (χ1) is 4.38. The van der Waals surface area contributed by atoms with Crippen LogP contribution in [0.3, 0.4) is 0 Å². The Hall–Kier alpha value is -0.0400. The van der Waals surface area contributed by atoms with Crippen LogP contribution in [0.1, 0.15) is 25.7 Å². The van der Waals surface area contributed by atoms with Gasteiger partial charge in [0.25, 0.3) is 0 Å². The summed E-state index contributed by atoms with van der Waals surface area (Å²) in [5, 5.41) is 0. The number of fused-ring (bicyclic) bond motifs is 1. The fraction of sp³-hybridized carbons (Fsp3) is 1.00. The summed E-state index contributed by atoms with van der Waals surface area (Å²) in [5.74, 6) is 1.08. The molecule has 0 N–H and O–H groups in total. The molecule has 1 saturated heterocycles. The maximum atomic E-state index is 2.54. The van der Waals surface area contributed by atoms with Crippen molar-refractivity contribution in [2.45, 2.75) is 31.7 Å². The summed E-state index contributed by atoms with van der Waals surface area (Å²) in [5.41, 5.74) is 0. The van der Waals surface area contributed by atoms with E-state index in [0.29, 0.717) is 0 Å². The minimum absolute atomic E-state index is 0.977. The van der Waals surface area contributed by atoms with Crippen molar-refractivity contribution >= 4 is 0 Å². The molecular weight excluding hydrogens is 110 g/mol. The van der Waals surface area contributed by atoms with Gasteiger partial charge in [0.1, 0.15) is 0 Å². The van der Waals surface area contributed by atoms with Gasteiger partial charge in [0, 0.05) is 6.04 Å². The standard InChI is InChI=1S/C8H15N/c1-9-6-5-7-3-2-4-8(7)9/h7-8H,2-6H2,1H3/t7-,8-/m1/s1. The van der Waals surface area contributed by atoms with Crippen LogP contribution in [0.4, 0.5) is 0 Å². The van der Waals surface area contributed by atoms with Gasteiger partial charge in [-0.1, -0.05) is 6.42 Å². The summed E-state index contributed by atoms with van der Waals surface area (Å²) >= 11 is 0. The van der Waals surface area contributed by atoms with Crippen LogP contribution >= 0.6 is 0 Å². The summed E-state index contributed by atoms with van der Waals surface area (Å²) in [6, 6.07) is 0.977. The Morgan fingerprint density at radius 2 is 2.11 bits per heavy atom. The van der Waals surface area contributed by atoms with Crippen molar-refractivity contribution in [1.82, 2.24) is 4.90 Å². The topological polar surface area (TPSA) is 3.24 Å². The van der Waals surface area contributed by atoms with Gasteiger partial charge in [0.15, 0.2) is 0 Å². The Labute approximate surface area is 57.0 Å². The SMILES string of the molecule is CN1CC[C@H]2CCC[C@H]21. The molecule has 0 aromatic heterocycles. The molecule has 0 amide bonds. The molecule has 2 fully saturated rings. The molecule has 1 nitrogen and oxygen atoms in total. The fourth-order valence-electron chi connectivity index (χ4n) is 2.47. The molecular formula is C8H15N. The Morgan fingerprint density at radius 1 is 1.22 bits per heavy atom. The monoisotopic (exact) mass is 125 g/mol. The minimum atomic E-state index is 0.977. The highest BCUT2D eigenvalue weighted by molar-refractivity contribution is 4.89. The number of hydrogen-bond donors (Lipinski definition) is 0. The molecule has 1 aliphatic carbocycles. The van der Waals surface area contributed by atoms with E-state index in [9.17, 15) is 0 Å². The third-order valence-electron chi connectivity index (χ3n) is 3.04. The molecule has 1 saturated carbocycles. The number of nitrogens with zero attached hydrogens (tertiary/aromatic N) is 1. The lowest BCUT2D eigenvalue weighted by Crippen LogP contribution is -2.25. The van der Waals surface area contributed by atoms with Crippen molar-refractivity contribution in [1.29, 1.82) is 0 Å². The van der Waals surface area contributed by atoms with Crippen molar-refractivity contribution in [2.75, 3.05) is 13.6 Å². The van der Waals surface area contributed by atoms with Crippen molar-refractivity contribution in [3.8, 4) is 0 Å². The molecule has 2 aliphatic rings. The normalized spacial score (nSPS) is 43.7. The molecule has 0 unspecified atom stereocenters. The van der Waals surface area contributed by atoms with Gasteiger partial charge < -0.3 is 4.90 Å². The summed E-state index contributed by atoms with van der Waals surface area (Å²) in [4.78, 5) is 2.54. The van der Waals surface area contributed by atoms with Crippen LogP contribution in [0.25, 0.3) is 0 Å². The fourth-order valence-corrected chi connectivity index (χ4v) is 2.47. The quantitative estimate of drug-likeness (QED) is 0.474. The number of hydrogen-bond acceptors (Lipinski definition) is 1. The molecule has 1 heteroatoms. The zero-order valence-corrected chi connectivity index (χ0v) is 6.14. The van der Waals surface area contributed by atoms with Crippen LogP contribution in [0.15, 0.2) is 0 Å². The van der Waals surface area contributed by atoms with Crippen molar-refractivity contribution in [3.05, 3.63) is 0 Å². The molecule has 2 atom stereocenters. The second kappa shape index (κ2) is 1.98. The van der Waals surface area contributed by atoms with E-state index in [0.717, 1.165) is 12.0 Å². The van der Waals surface area contributed by atoms with E-state index < -0.39 is 0 Å². The molecule has 0 spiro atoms. The summed E-state index contributed by atoms with van der Waals surface area (Å²) < 4.78 is 0. The van der Waals surface area contributed by atoms with Gasteiger partial charge in [-0.15, -0.1) is 0 Å². The largest absolute Gasteiger partial charge is 0.303 e. The van der Waals surface area contributed by atoms with Crippen LogP contribution in [-0.4, -0.2) is 24.5 Å². The van der Waals surface area contributed by atoms with E-state index in [1.165, 1.54) is 32.2 Å². The molecule has 1 heterocycles. The number of rotatable bonds is 0. The Kier molecular flexibility index (Phi) is 1.26. The highest BCUT2D eigenvalue weighted by atomic mass is 15.2. The Balaban J connectivity index is 2.07. The minimum Gasteiger partial charge on any atom is -0.303 e. The first-order valence-corrected chi connectivity index (χ1v) is 4.08. The average Bonchev–Trinajstić information content (AvgIpc) is 2.35. The zero-order chi connectivity index (χ0) is 6.27. The van der Waals surface area contributed by atoms with Gasteiger partial charge in [-0.25, -0.2) is 0 Å². The lowest BCUT2D eigenvalue weighted by Gasteiger charge is -2.16. The van der Waals surface area contributed by atoms with Crippen LogP contribution in [0, 0.1) is 5.92 Å². The van der Waals surface area contributed by atoms with Crippen molar-refractivity contribution < 1.29 is 0 Å². The third-order valence-corrected chi connectivity index (χ3v) is 3.04. The molecule has 0 radical (unpaired) electrons. The zero-order valence-electron chi connectivity index (χ0n) is 6.14. The van der Waals surface area contributed by atoms with Gasteiger partial charge >= 0.3 is 0 Å². The van der Waals surface area contributed by atoms with Gasteiger partial charge in [-0.05, 0) is 38.8 Å². The first kappa shape index (κ1) is 5.72. The van der Waals surface area contributed by atoms with E-state index in [1.54, 1.807) is 0 Å². The molecule has 52 valence electrons. The van der Waals surface area contributed by atoms with Crippen molar-refractivity contribution in [2.24, 2.45) is 5.92 Å². The highest BCUT2D eigenvalue weighted by Gasteiger charge is 2.34.